The highest BCUT2D eigenvalue weighted by molar-refractivity contribution is 7.92. The zero-order valence-corrected chi connectivity index (χ0v) is 16.6. The summed E-state index contributed by atoms with van der Waals surface area (Å²) >= 11 is 6.19. The van der Waals surface area contributed by atoms with Gasteiger partial charge in [0, 0.05) is 6.07 Å². The van der Waals surface area contributed by atoms with E-state index in [4.69, 9.17) is 11.6 Å². The number of nitro benzene ring substituents is 2. The zero-order valence-electron chi connectivity index (χ0n) is 15.0. The molecule has 0 saturated carbocycles. The molecule has 10 nitrogen and oxygen atoms in total. The summed E-state index contributed by atoms with van der Waals surface area (Å²) in [6, 6.07) is 15.1. The van der Waals surface area contributed by atoms with E-state index in [1.165, 1.54) is 36.4 Å². The number of halogens is 1. The van der Waals surface area contributed by atoms with Gasteiger partial charge in [0.15, 0.2) is 0 Å². The molecule has 0 aromatic heterocycles. The number of rotatable bonds is 7. The average Bonchev–Trinajstić information content (AvgIpc) is 2.70. The Morgan fingerprint density at radius 3 is 2.10 bits per heavy atom. The molecular formula is C18H13ClN4O6S. The maximum Gasteiger partial charge on any atom is 0.299 e. The summed E-state index contributed by atoms with van der Waals surface area (Å²) in [6.45, 7) is 0. The molecule has 0 aliphatic carbocycles. The molecule has 0 fully saturated rings. The molecule has 0 atom stereocenters. The van der Waals surface area contributed by atoms with Crippen molar-refractivity contribution in [2.75, 3.05) is 10.0 Å². The SMILES string of the molecule is O=[N+]([O-])c1ccc(Nc2ccc(NS(=O)(=O)c3ccccc3)cc2Cl)c([N+](=O)[O-])c1. The van der Waals surface area contributed by atoms with Gasteiger partial charge in [0.1, 0.15) is 5.69 Å². The summed E-state index contributed by atoms with van der Waals surface area (Å²) in [5, 5.41) is 24.9. The van der Waals surface area contributed by atoms with Crippen LogP contribution in [0.5, 0.6) is 0 Å². The summed E-state index contributed by atoms with van der Waals surface area (Å²) in [7, 11) is -3.81. The highest BCUT2D eigenvalue weighted by Crippen LogP contribution is 2.35. The van der Waals surface area contributed by atoms with Gasteiger partial charge in [-0.2, -0.15) is 0 Å². The first kappa shape index (κ1) is 21.0. The standard InChI is InChI=1S/C18H13ClN4O6S/c19-15-10-12(21-30(28,29)14-4-2-1-3-5-14)6-8-16(15)20-17-9-7-13(22(24)25)11-18(17)23(26)27/h1-11,20-21H. The lowest BCUT2D eigenvalue weighted by atomic mass is 10.2. The van der Waals surface area contributed by atoms with Gasteiger partial charge in [-0.3, -0.25) is 25.0 Å². The van der Waals surface area contributed by atoms with Gasteiger partial charge < -0.3 is 5.32 Å². The smallest absolute Gasteiger partial charge is 0.299 e. The van der Waals surface area contributed by atoms with Crippen molar-refractivity contribution in [3.05, 3.63) is 92.0 Å². The molecule has 0 bridgehead atoms. The van der Waals surface area contributed by atoms with Gasteiger partial charge in [0.05, 0.1) is 37.2 Å². The second-order valence-corrected chi connectivity index (χ2v) is 8.04. The van der Waals surface area contributed by atoms with Crippen LogP contribution in [0.25, 0.3) is 0 Å². The van der Waals surface area contributed by atoms with E-state index in [-0.39, 0.29) is 27.0 Å². The first-order valence-electron chi connectivity index (χ1n) is 8.24. The number of hydrogen-bond donors (Lipinski definition) is 2. The van der Waals surface area contributed by atoms with Crippen LogP contribution in [0.2, 0.25) is 5.02 Å². The topological polar surface area (TPSA) is 144 Å². The van der Waals surface area contributed by atoms with E-state index in [0.29, 0.717) is 0 Å². The molecular weight excluding hydrogens is 436 g/mol. The summed E-state index contributed by atoms with van der Waals surface area (Å²) in [6.07, 6.45) is 0. The predicted octanol–water partition coefficient (Wildman–Crippen LogP) is 4.70. The fourth-order valence-electron chi connectivity index (χ4n) is 2.53. The normalized spacial score (nSPS) is 11.0. The number of benzene rings is 3. The molecule has 154 valence electrons. The fourth-order valence-corrected chi connectivity index (χ4v) is 3.83. The van der Waals surface area contributed by atoms with Crippen molar-refractivity contribution in [3.8, 4) is 0 Å². The number of nitrogens with zero attached hydrogens (tertiary/aromatic N) is 2. The third kappa shape index (κ3) is 4.64. The molecule has 0 aliphatic rings. The third-order valence-electron chi connectivity index (χ3n) is 3.93. The highest BCUT2D eigenvalue weighted by Gasteiger charge is 2.20. The maximum atomic E-state index is 12.4. The van der Waals surface area contributed by atoms with E-state index < -0.39 is 31.2 Å². The molecule has 30 heavy (non-hydrogen) atoms. The predicted molar refractivity (Wildman–Crippen MR) is 112 cm³/mol. The molecule has 2 N–H and O–H groups in total. The minimum absolute atomic E-state index is 0.00915. The molecule has 0 radical (unpaired) electrons. The number of hydrogen-bond acceptors (Lipinski definition) is 7. The maximum absolute atomic E-state index is 12.4. The van der Waals surface area contributed by atoms with Crippen molar-refractivity contribution in [3.63, 3.8) is 0 Å². The summed E-state index contributed by atoms with van der Waals surface area (Å²) in [5.41, 5.74) is -0.507. The van der Waals surface area contributed by atoms with Crippen LogP contribution in [-0.4, -0.2) is 18.3 Å². The summed E-state index contributed by atoms with van der Waals surface area (Å²) in [5.74, 6) is 0. The van der Waals surface area contributed by atoms with Crippen LogP contribution in [-0.2, 0) is 10.0 Å². The van der Waals surface area contributed by atoms with Crippen LogP contribution in [0.4, 0.5) is 28.4 Å². The summed E-state index contributed by atoms with van der Waals surface area (Å²) < 4.78 is 27.2. The Morgan fingerprint density at radius 2 is 1.50 bits per heavy atom. The molecule has 0 aliphatic heterocycles. The van der Waals surface area contributed by atoms with Crippen molar-refractivity contribution < 1.29 is 18.3 Å². The van der Waals surface area contributed by atoms with Gasteiger partial charge in [0.25, 0.3) is 21.4 Å². The van der Waals surface area contributed by atoms with E-state index in [9.17, 15) is 28.6 Å². The van der Waals surface area contributed by atoms with Crippen molar-refractivity contribution in [2.24, 2.45) is 0 Å². The Labute approximate surface area is 175 Å². The van der Waals surface area contributed by atoms with E-state index in [1.807, 2.05) is 0 Å². The molecule has 0 unspecified atom stereocenters. The number of nitrogens with one attached hydrogen (secondary N) is 2. The van der Waals surface area contributed by atoms with Gasteiger partial charge in [0.2, 0.25) is 0 Å². The number of sulfonamides is 1. The molecule has 3 aromatic rings. The van der Waals surface area contributed by atoms with Crippen molar-refractivity contribution >= 4 is 50.1 Å². The highest BCUT2D eigenvalue weighted by atomic mass is 35.5. The van der Waals surface area contributed by atoms with E-state index in [2.05, 4.69) is 10.0 Å². The molecule has 3 rings (SSSR count). The number of nitro groups is 2. The molecule has 0 heterocycles. The lowest BCUT2D eigenvalue weighted by molar-refractivity contribution is -0.393. The number of non-ortho nitro benzene ring substituents is 1. The second kappa shape index (κ2) is 8.35. The van der Waals surface area contributed by atoms with Crippen LogP contribution < -0.4 is 10.0 Å². The molecule has 12 heteroatoms. The number of anilines is 3. The Morgan fingerprint density at radius 1 is 0.833 bits per heavy atom. The lowest BCUT2D eigenvalue weighted by Crippen LogP contribution is -2.12. The minimum Gasteiger partial charge on any atom is -0.349 e. The third-order valence-corrected chi connectivity index (χ3v) is 5.64. The van der Waals surface area contributed by atoms with Crippen LogP contribution in [0, 0.1) is 20.2 Å². The zero-order chi connectivity index (χ0) is 21.9. The average molecular weight is 449 g/mol. The quantitative estimate of drug-likeness (QED) is 0.393. The minimum atomic E-state index is -3.81. The van der Waals surface area contributed by atoms with Crippen molar-refractivity contribution in [2.45, 2.75) is 4.90 Å². The van der Waals surface area contributed by atoms with Gasteiger partial charge in [-0.25, -0.2) is 8.42 Å². The Bertz CT molecular complexity index is 1230. The largest absolute Gasteiger partial charge is 0.349 e. The van der Waals surface area contributed by atoms with Crippen LogP contribution in [0.15, 0.2) is 71.6 Å². The van der Waals surface area contributed by atoms with Gasteiger partial charge in [-0.05, 0) is 36.4 Å². The Kier molecular flexibility index (Phi) is 5.85. The molecule has 0 spiro atoms. The molecule has 0 amide bonds. The summed E-state index contributed by atoms with van der Waals surface area (Å²) in [4.78, 5) is 20.7. The Hall–Kier alpha value is -3.70. The lowest BCUT2D eigenvalue weighted by Gasteiger charge is -2.12. The van der Waals surface area contributed by atoms with E-state index >= 15 is 0 Å². The van der Waals surface area contributed by atoms with Gasteiger partial charge >= 0.3 is 0 Å². The first-order chi connectivity index (χ1) is 14.2. The monoisotopic (exact) mass is 448 g/mol. The molecule has 3 aromatic carbocycles. The Balaban J connectivity index is 1.86. The van der Waals surface area contributed by atoms with E-state index in [0.717, 1.165) is 12.1 Å². The van der Waals surface area contributed by atoms with Crippen molar-refractivity contribution in [1.29, 1.82) is 0 Å². The van der Waals surface area contributed by atoms with Gasteiger partial charge in [-0.1, -0.05) is 29.8 Å². The van der Waals surface area contributed by atoms with Crippen LogP contribution >= 0.6 is 11.6 Å². The van der Waals surface area contributed by atoms with Crippen molar-refractivity contribution in [1.82, 2.24) is 0 Å². The van der Waals surface area contributed by atoms with Crippen LogP contribution in [0.3, 0.4) is 0 Å². The van der Waals surface area contributed by atoms with Gasteiger partial charge in [-0.15, -0.1) is 0 Å². The van der Waals surface area contributed by atoms with Crippen LogP contribution in [0.1, 0.15) is 0 Å². The fraction of sp³-hybridized carbons (Fsp3) is 0. The first-order valence-corrected chi connectivity index (χ1v) is 10.1. The second-order valence-electron chi connectivity index (χ2n) is 5.95. The molecule has 0 saturated heterocycles. The van der Waals surface area contributed by atoms with E-state index in [1.54, 1.807) is 18.2 Å².